The molecule has 140 valence electrons. The number of thioether (sulfide) groups is 1. The highest BCUT2D eigenvalue weighted by molar-refractivity contribution is 9.10. The maximum absolute atomic E-state index is 12.3. The van der Waals surface area contributed by atoms with Crippen molar-refractivity contribution in [2.45, 2.75) is 24.5 Å². The number of aromatic nitrogens is 2. The third-order valence-corrected chi connectivity index (χ3v) is 5.64. The molecule has 1 aromatic heterocycles. The van der Waals surface area contributed by atoms with E-state index in [2.05, 4.69) is 26.3 Å². The van der Waals surface area contributed by atoms with Crippen LogP contribution < -0.4 is 5.32 Å². The van der Waals surface area contributed by atoms with Gasteiger partial charge in [0.05, 0.1) is 24.1 Å². The Bertz CT molecular complexity index is 897. The fraction of sp³-hybridized carbons (Fsp3) is 0.200. The van der Waals surface area contributed by atoms with Gasteiger partial charge in [0.25, 0.3) is 0 Å². The fourth-order valence-electron chi connectivity index (χ4n) is 2.60. The fourth-order valence-corrected chi connectivity index (χ4v) is 3.56. The highest BCUT2D eigenvalue weighted by Crippen LogP contribution is 2.23. The molecule has 0 fully saturated rings. The van der Waals surface area contributed by atoms with Crippen LogP contribution in [0.15, 0.2) is 70.2 Å². The summed E-state index contributed by atoms with van der Waals surface area (Å²) in [7, 11) is 0. The van der Waals surface area contributed by atoms with Gasteiger partial charge in [-0.25, -0.2) is 0 Å². The molecule has 0 aliphatic carbocycles. The van der Waals surface area contributed by atoms with E-state index >= 15 is 0 Å². The van der Waals surface area contributed by atoms with E-state index in [0.717, 1.165) is 14.9 Å². The summed E-state index contributed by atoms with van der Waals surface area (Å²) in [5, 5.41) is 16.9. The molecule has 0 radical (unpaired) electrons. The summed E-state index contributed by atoms with van der Waals surface area (Å²) in [6.45, 7) is 1.79. The van der Waals surface area contributed by atoms with Gasteiger partial charge in [0, 0.05) is 15.6 Å². The van der Waals surface area contributed by atoms with Gasteiger partial charge >= 0.3 is 0 Å². The number of nitrogens with zero attached hydrogens (tertiary/aromatic N) is 2. The number of amides is 1. The zero-order valence-electron chi connectivity index (χ0n) is 14.8. The van der Waals surface area contributed by atoms with Crippen LogP contribution in [0.3, 0.4) is 0 Å². The lowest BCUT2D eigenvalue weighted by molar-refractivity contribution is -0.113. The van der Waals surface area contributed by atoms with Crippen LogP contribution in [-0.4, -0.2) is 26.5 Å². The van der Waals surface area contributed by atoms with Gasteiger partial charge in [-0.3, -0.25) is 9.48 Å². The molecule has 3 rings (SSSR count). The maximum atomic E-state index is 12.3. The Balaban J connectivity index is 1.66. The smallest absolute Gasteiger partial charge is 0.234 e. The van der Waals surface area contributed by atoms with Gasteiger partial charge in [0.1, 0.15) is 5.69 Å². The maximum Gasteiger partial charge on any atom is 0.234 e. The number of rotatable bonds is 7. The summed E-state index contributed by atoms with van der Waals surface area (Å²) < 4.78 is 2.77. The van der Waals surface area contributed by atoms with E-state index in [1.807, 2.05) is 61.5 Å². The van der Waals surface area contributed by atoms with Crippen molar-refractivity contribution in [1.29, 1.82) is 0 Å². The summed E-state index contributed by atoms with van der Waals surface area (Å²) in [6, 6.07) is 17.8. The molecule has 0 saturated carbocycles. The van der Waals surface area contributed by atoms with Crippen LogP contribution in [0, 0.1) is 0 Å². The minimum absolute atomic E-state index is 0.000655. The van der Waals surface area contributed by atoms with E-state index in [0.29, 0.717) is 11.4 Å². The van der Waals surface area contributed by atoms with Gasteiger partial charge in [-0.15, -0.1) is 11.8 Å². The number of aliphatic hydroxyl groups is 1. The predicted octanol–water partition coefficient (Wildman–Crippen LogP) is 4.48. The number of hydrogen-bond donors (Lipinski definition) is 2. The number of halogens is 1. The first kappa shape index (κ1) is 19.7. The monoisotopic (exact) mass is 445 g/mol. The number of carbonyl (C=O) groups is 1. The van der Waals surface area contributed by atoms with Crippen LogP contribution in [0.1, 0.15) is 24.2 Å². The number of hydrogen-bond acceptors (Lipinski definition) is 4. The van der Waals surface area contributed by atoms with E-state index in [4.69, 9.17) is 0 Å². The highest BCUT2D eigenvalue weighted by atomic mass is 79.9. The average molecular weight is 446 g/mol. The molecular formula is C20H20BrN3O2S. The molecular weight excluding hydrogens is 426 g/mol. The largest absolute Gasteiger partial charge is 0.390 e. The molecule has 1 unspecified atom stereocenters. The van der Waals surface area contributed by atoms with E-state index in [-0.39, 0.29) is 24.3 Å². The van der Waals surface area contributed by atoms with Crippen LogP contribution in [0.25, 0.3) is 0 Å². The second-order valence-electron chi connectivity index (χ2n) is 6.01. The lowest BCUT2D eigenvalue weighted by Gasteiger charge is -2.12. The molecule has 3 aromatic rings. The van der Waals surface area contributed by atoms with Crippen molar-refractivity contribution in [3.8, 4) is 0 Å². The van der Waals surface area contributed by atoms with Gasteiger partial charge in [0.2, 0.25) is 5.91 Å². The predicted molar refractivity (Wildman–Crippen MR) is 112 cm³/mol. The SMILES string of the molecule is CC(c1ccccc1)n1cc(NC(=O)CSc2ccc(Br)cc2)c(CO)n1. The molecule has 0 aliphatic rings. The summed E-state index contributed by atoms with van der Waals surface area (Å²) in [5.41, 5.74) is 2.11. The molecule has 0 bridgehead atoms. The second-order valence-corrected chi connectivity index (χ2v) is 7.97. The van der Waals surface area contributed by atoms with Crippen molar-refractivity contribution in [1.82, 2.24) is 9.78 Å². The second kappa shape index (κ2) is 9.21. The van der Waals surface area contributed by atoms with Crippen LogP contribution in [0.2, 0.25) is 0 Å². The minimum Gasteiger partial charge on any atom is -0.390 e. The van der Waals surface area contributed by atoms with Crippen LogP contribution in [0.4, 0.5) is 5.69 Å². The number of aliphatic hydroxyl groups excluding tert-OH is 1. The van der Waals surface area contributed by atoms with Gasteiger partial charge in [0.15, 0.2) is 0 Å². The molecule has 2 aromatic carbocycles. The van der Waals surface area contributed by atoms with Gasteiger partial charge in [-0.05, 0) is 36.8 Å². The molecule has 2 N–H and O–H groups in total. The summed E-state index contributed by atoms with van der Waals surface area (Å²) >= 11 is 4.85. The van der Waals surface area contributed by atoms with Crippen molar-refractivity contribution in [3.05, 3.63) is 76.5 Å². The molecule has 1 amide bonds. The summed E-state index contributed by atoms with van der Waals surface area (Å²) in [6.07, 6.45) is 1.77. The number of carbonyl (C=O) groups excluding carboxylic acids is 1. The molecule has 1 heterocycles. The Kier molecular flexibility index (Phi) is 6.71. The third-order valence-electron chi connectivity index (χ3n) is 4.09. The van der Waals surface area contributed by atoms with Crippen molar-refractivity contribution in [3.63, 3.8) is 0 Å². The van der Waals surface area contributed by atoms with Crippen molar-refractivity contribution in [2.24, 2.45) is 0 Å². The summed E-state index contributed by atoms with van der Waals surface area (Å²) in [4.78, 5) is 13.3. The molecule has 27 heavy (non-hydrogen) atoms. The zero-order valence-corrected chi connectivity index (χ0v) is 17.2. The Morgan fingerprint density at radius 3 is 2.59 bits per heavy atom. The molecule has 0 spiro atoms. The van der Waals surface area contributed by atoms with Gasteiger partial charge in [-0.1, -0.05) is 46.3 Å². The van der Waals surface area contributed by atoms with E-state index in [1.165, 1.54) is 11.8 Å². The first-order valence-corrected chi connectivity index (χ1v) is 10.3. The van der Waals surface area contributed by atoms with E-state index in [9.17, 15) is 9.90 Å². The van der Waals surface area contributed by atoms with E-state index < -0.39 is 0 Å². The van der Waals surface area contributed by atoms with Gasteiger partial charge < -0.3 is 10.4 Å². The topological polar surface area (TPSA) is 67.2 Å². The Morgan fingerprint density at radius 1 is 1.22 bits per heavy atom. The van der Waals surface area contributed by atoms with Crippen LogP contribution in [0.5, 0.6) is 0 Å². The average Bonchev–Trinajstić information content (AvgIpc) is 3.10. The first-order valence-electron chi connectivity index (χ1n) is 8.49. The number of anilines is 1. The quantitative estimate of drug-likeness (QED) is 0.526. The van der Waals surface area contributed by atoms with Crippen LogP contribution >= 0.6 is 27.7 Å². The lowest BCUT2D eigenvalue weighted by atomic mass is 10.1. The first-order chi connectivity index (χ1) is 13.1. The zero-order chi connectivity index (χ0) is 19.2. The Morgan fingerprint density at radius 2 is 1.93 bits per heavy atom. The van der Waals surface area contributed by atoms with E-state index in [1.54, 1.807) is 10.9 Å². The Hall–Kier alpha value is -2.09. The van der Waals surface area contributed by atoms with Crippen molar-refractivity contribution < 1.29 is 9.90 Å². The molecule has 1 atom stereocenters. The van der Waals surface area contributed by atoms with Crippen LogP contribution in [-0.2, 0) is 11.4 Å². The molecule has 7 heteroatoms. The summed E-state index contributed by atoms with van der Waals surface area (Å²) in [5.74, 6) is 0.149. The minimum atomic E-state index is -0.232. The third kappa shape index (κ3) is 5.22. The lowest BCUT2D eigenvalue weighted by Crippen LogP contribution is -2.14. The van der Waals surface area contributed by atoms with Gasteiger partial charge in [-0.2, -0.15) is 5.10 Å². The molecule has 0 aliphatic heterocycles. The number of benzene rings is 2. The van der Waals surface area contributed by atoms with Crippen molar-refractivity contribution >= 4 is 39.3 Å². The normalized spacial score (nSPS) is 12.0. The molecule has 5 nitrogen and oxygen atoms in total. The van der Waals surface area contributed by atoms with Crippen molar-refractivity contribution in [2.75, 3.05) is 11.1 Å². The highest BCUT2D eigenvalue weighted by Gasteiger charge is 2.15. The standard InChI is InChI=1S/C20H20BrN3O2S/c1-14(15-5-3-2-4-6-15)24-11-18(19(12-25)23-24)22-20(26)13-27-17-9-7-16(21)8-10-17/h2-11,14,25H,12-13H2,1H3,(H,22,26). The Labute approximate surface area is 170 Å². The molecule has 0 saturated heterocycles. The number of nitrogens with one attached hydrogen (secondary N) is 1.